The van der Waals surface area contributed by atoms with Gasteiger partial charge in [0.15, 0.2) is 5.13 Å². The van der Waals surface area contributed by atoms with Crippen LogP contribution >= 0.6 is 11.3 Å². The first kappa shape index (κ1) is 10.8. The first-order valence-corrected chi connectivity index (χ1v) is 5.42. The molecule has 0 amide bonds. The second kappa shape index (κ2) is 4.46. The maximum absolute atomic E-state index is 10.0. The summed E-state index contributed by atoms with van der Waals surface area (Å²) in [5.74, 6) is 0.467. The molecule has 1 unspecified atom stereocenters. The van der Waals surface area contributed by atoms with Gasteiger partial charge >= 0.3 is 0 Å². The zero-order valence-corrected chi connectivity index (χ0v) is 9.44. The molecule has 0 aromatic carbocycles. The van der Waals surface area contributed by atoms with Gasteiger partial charge in [0.1, 0.15) is 6.10 Å². The maximum Gasteiger partial charge on any atom is 0.213 e. The number of nitrogens with two attached hydrogens (primary N) is 1. The SMILES string of the molecule is COc1cccc(C(O)c2cnc(N)s2)n1. The number of ether oxygens (including phenoxy) is 1. The second-order valence-electron chi connectivity index (χ2n) is 3.11. The molecule has 0 radical (unpaired) electrons. The van der Waals surface area contributed by atoms with E-state index in [4.69, 9.17) is 10.5 Å². The van der Waals surface area contributed by atoms with Gasteiger partial charge in [0, 0.05) is 12.3 Å². The number of anilines is 1. The van der Waals surface area contributed by atoms with Crippen LogP contribution in [-0.2, 0) is 0 Å². The Hall–Kier alpha value is -1.66. The highest BCUT2D eigenvalue weighted by molar-refractivity contribution is 7.15. The molecule has 2 rings (SSSR count). The number of pyridine rings is 1. The van der Waals surface area contributed by atoms with E-state index in [-0.39, 0.29) is 0 Å². The van der Waals surface area contributed by atoms with Crippen molar-refractivity contribution in [3.05, 3.63) is 35.0 Å². The molecule has 0 spiro atoms. The van der Waals surface area contributed by atoms with Crippen LogP contribution in [0.1, 0.15) is 16.7 Å². The fraction of sp³-hybridized carbons (Fsp3) is 0.200. The number of thiazole rings is 1. The Morgan fingerprint density at radius 2 is 2.31 bits per heavy atom. The second-order valence-corrected chi connectivity index (χ2v) is 4.20. The minimum Gasteiger partial charge on any atom is -0.481 e. The van der Waals surface area contributed by atoms with Crippen LogP contribution in [0, 0.1) is 0 Å². The number of aromatic nitrogens is 2. The van der Waals surface area contributed by atoms with Crippen molar-refractivity contribution in [2.45, 2.75) is 6.10 Å². The normalized spacial score (nSPS) is 12.4. The third-order valence-corrected chi connectivity index (χ3v) is 2.92. The van der Waals surface area contributed by atoms with Crippen molar-refractivity contribution >= 4 is 16.5 Å². The first-order valence-electron chi connectivity index (χ1n) is 4.61. The summed E-state index contributed by atoms with van der Waals surface area (Å²) in [6.45, 7) is 0. The summed E-state index contributed by atoms with van der Waals surface area (Å²) in [5.41, 5.74) is 6.02. The summed E-state index contributed by atoms with van der Waals surface area (Å²) in [4.78, 5) is 8.69. The molecule has 0 saturated carbocycles. The smallest absolute Gasteiger partial charge is 0.213 e. The average molecular weight is 237 g/mol. The largest absolute Gasteiger partial charge is 0.481 e. The highest BCUT2D eigenvalue weighted by atomic mass is 32.1. The van der Waals surface area contributed by atoms with Gasteiger partial charge in [-0.15, -0.1) is 0 Å². The molecule has 6 heteroatoms. The van der Waals surface area contributed by atoms with Crippen molar-refractivity contribution in [2.75, 3.05) is 12.8 Å². The Kier molecular flexibility index (Phi) is 3.02. The van der Waals surface area contributed by atoms with Gasteiger partial charge in [0.2, 0.25) is 5.88 Å². The lowest BCUT2D eigenvalue weighted by molar-refractivity contribution is 0.217. The Labute approximate surface area is 96.5 Å². The average Bonchev–Trinajstić information content (AvgIpc) is 2.75. The highest BCUT2D eigenvalue weighted by Crippen LogP contribution is 2.27. The molecule has 2 aromatic heterocycles. The van der Waals surface area contributed by atoms with Crippen LogP contribution in [0.15, 0.2) is 24.4 Å². The van der Waals surface area contributed by atoms with Crippen molar-refractivity contribution in [3.8, 4) is 5.88 Å². The Morgan fingerprint density at radius 3 is 2.94 bits per heavy atom. The number of nitrogens with zero attached hydrogens (tertiary/aromatic N) is 2. The molecule has 0 fully saturated rings. The molecule has 5 nitrogen and oxygen atoms in total. The molecule has 0 aliphatic rings. The zero-order chi connectivity index (χ0) is 11.5. The minimum absolute atomic E-state index is 0.428. The van der Waals surface area contributed by atoms with Gasteiger partial charge in [0.25, 0.3) is 0 Å². The van der Waals surface area contributed by atoms with Crippen molar-refractivity contribution in [1.82, 2.24) is 9.97 Å². The summed E-state index contributed by atoms with van der Waals surface area (Å²) in [6, 6.07) is 5.22. The van der Waals surface area contributed by atoms with Crippen molar-refractivity contribution in [2.24, 2.45) is 0 Å². The molecule has 3 N–H and O–H groups in total. The third-order valence-electron chi connectivity index (χ3n) is 2.05. The minimum atomic E-state index is -0.815. The monoisotopic (exact) mass is 237 g/mol. The highest BCUT2D eigenvalue weighted by Gasteiger charge is 2.15. The van der Waals surface area contributed by atoms with E-state index in [0.717, 1.165) is 0 Å². The number of aliphatic hydroxyl groups is 1. The number of rotatable bonds is 3. The van der Waals surface area contributed by atoms with Crippen LogP contribution in [0.25, 0.3) is 0 Å². The third kappa shape index (κ3) is 2.12. The number of aliphatic hydroxyl groups excluding tert-OH is 1. The first-order chi connectivity index (χ1) is 7.70. The van der Waals surface area contributed by atoms with E-state index in [1.54, 1.807) is 24.4 Å². The molecule has 16 heavy (non-hydrogen) atoms. The number of hydrogen-bond acceptors (Lipinski definition) is 6. The molecule has 0 bridgehead atoms. The molecule has 84 valence electrons. The topological polar surface area (TPSA) is 81.3 Å². The predicted octanol–water partition coefficient (Wildman–Crippen LogP) is 1.21. The number of methoxy groups -OCH3 is 1. The quantitative estimate of drug-likeness (QED) is 0.838. The summed E-state index contributed by atoms with van der Waals surface area (Å²) in [6.07, 6.45) is 0.733. The molecule has 1 atom stereocenters. The van der Waals surface area contributed by atoms with Crippen LogP contribution < -0.4 is 10.5 Å². The van der Waals surface area contributed by atoms with Crippen LogP contribution in [0.2, 0.25) is 0 Å². The lowest BCUT2D eigenvalue weighted by atomic mass is 10.2. The Balaban J connectivity index is 2.29. The van der Waals surface area contributed by atoms with Crippen LogP contribution in [0.3, 0.4) is 0 Å². The van der Waals surface area contributed by atoms with Gasteiger partial charge in [-0.1, -0.05) is 17.4 Å². The lowest BCUT2D eigenvalue weighted by Crippen LogP contribution is -2.01. The molecular weight excluding hydrogens is 226 g/mol. The lowest BCUT2D eigenvalue weighted by Gasteiger charge is -2.08. The summed E-state index contributed by atoms with van der Waals surface area (Å²) >= 11 is 1.24. The van der Waals surface area contributed by atoms with Gasteiger partial charge in [-0.3, -0.25) is 0 Å². The van der Waals surface area contributed by atoms with Crippen molar-refractivity contribution in [3.63, 3.8) is 0 Å². The van der Waals surface area contributed by atoms with Crippen LogP contribution in [0.5, 0.6) is 5.88 Å². The predicted molar refractivity (Wildman–Crippen MR) is 61.4 cm³/mol. The molecule has 0 aliphatic heterocycles. The van der Waals surface area contributed by atoms with E-state index in [1.165, 1.54) is 18.4 Å². The summed E-state index contributed by atoms with van der Waals surface area (Å²) in [5, 5.41) is 10.4. The van der Waals surface area contributed by atoms with Crippen molar-refractivity contribution < 1.29 is 9.84 Å². The number of nitrogen functional groups attached to an aromatic ring is 1. The fourth-order valence-corrected chi connectivity index (χ4v) is 1.95. The summed E-state index contributed by atoms with van der Waals surface area (Å²) < 4.78 is 4.99. The van der Waals surface area contributed by atoms with Crippen LogP contribution in [-0.4, -0.2) is 22.2 Å². The summed E-state index contributed by atoms with van der Waals surface area (Å²) in [7, 11) is 1.53. The van der Waals surface area contributed by atoms with E-state index in [2.05, 4.69) is 9.97 Å². The maximum atomic E-state index is 10.0. The molecule has 2 heterocycles. The van der Waals surface area contributed by atoms with Crippen molar-refractivity contribution in [1.29, 1.82) is 0 Å². The fourth-order valence-electron chi connectivity index (χ4n) is 1.27. The van der Waals surface area contributed by atoms with E-state index < -0.39 is 6.10 Å². The van der Waals surface area contributed by atoms with E-state index in [9.17, 15) is 5.11 Å². The standard InChI is InChI=1S/C10H11N3O2S/c1-15-8-4-2-3-6(13-8)9(14)7-5-12-10(11)16-7/h2-5,9,14H,1H3,(H2,11,12). The van der Waals surface area contributed by atoms with E-state index >= 15 is 0 Å². The van der Waals surface area contributed by atoms with Gasteiger partial charge in [-0.05, 0) is 6.07 Å². The zero-order valence-electron chi connectivity index (χ0n) is 8.62. The molecule has 2 aromatic rings. The Morgan fingerprint density at radius 1 is 1.50 bits per heavy atom. The van der Waals surface area contributed by atoms with Gasteiger partial charge in [0.05, 0.1) is 17.7 Å². The number of hydrogen-bond donors (Lipinski definition) is 2. The molecule has 0 aliphatic carbocycles. The van der Waals surface area contributed by atoms with Gasteiger partial charge < -0.3 is 15.6 Å². The van der Waals surface area contributed by atoms with E-state index in [1.807, 2.05) is 0 Å². The van der Waals surface area contributed by atoms with E-state index in [0.29, 0.717) is 21.6 Å². The van der Waals surface area contributed by atoms with Gasteiger partial charge in [-0.2, -0.15) is 0 Å². The van der Waals surface area contributed by atoms with Gasteiger partial charge in [-0.25, -0.2) is 9.97 Å². The van der Waals surface area contributed by atoms with Crippen LogP contribution in [0.4, 0.5) is 5.13 Å². The Bertz CT molecular complexity index is 486. The molecular formula is C10H11N3O2S. The molecule has 0 saturated heterocycles.